The normalized spacial score (nSPS) is 19.0. The average Bonchev–Trinajstić information content (AvgIpc) is 3.43. The van der Waals surface area contributed by atoms with Crippen molar-refractivity contribution in [2.24, 2.45) is 0 Å². The summed E-state index contributed by atoms with van der Waals surface area (Å²) in [6.07, 6.45) is 1.54. The van der Waals surface area contributed by atoms with Crippen LogP contribution in [0.2, 0.25) is 0 Å². The molecule has 0 amide bonds. The van der Waals surface area contributed by atoms with Crippen molar-refractivity contribution in [2.75, 3.05) is 20.3 Å². The van der Waals surface area contributed by atoms with Crippen LogP contribution in [0.15, 0.2) is 36.5 Å². The highest BCUT2D eigenvalue weighted by molar-refractivity contribution is 6.00. The number of nitrogens with one attached hydrogen (secondary N) is 1. The molecule has 5 rings (SSSR count). The Morgan fingerprint density at radius 2 is 2.03 bits per heavy atom. The standard InChI is InChI=1S/C26H27F2N3O4/c1-26(2,13-34-3)24-20(14-4-9-19(25(32)33)35-12-14)21-18(10-15-11-29-30-23(15)22(21)28)31(24)17-7-5-16(27)6-8-17/h5-8,10-11,14,19H,4,9,12-13H2,1-3H3,(H,29,30)(H,32,33)/t14-,19+/m0/s1. The van der Waals surface area contributed by atoms with Gasteiger partial charge in [0, 0.05) is 40.6 Å². The number of hydrogen-bond donors (Lipinski definition) is 2. The number of hydrogen-bond acceptors (Lipinski definition) is 4. The number of aromatic amines is 1. The number of carbonyl (C=O) groups is 1. The van der Waals surface area contributed by atoms with Gasteiger partial charge in [0.2, 0.25) is 0 Å². The first-order valence-corrected chi connectivity index (χ1v) is 11.5. The maximum Gasteiger partial charge on any atom is 0.332 e. The maximum atomic E-state index is 16.2. The minimum Gasteiger partial charge on any atom is -0.479 e. The molecule has 1 aliphatic heterocycles. The molecule has 2 atom stereocenters. The summed E-state index contributed by atoms with van der Waals surface area (Å²) in [7, 11) is 1.61. The van der Waals surface area contributed by atoms with Crippen LogP contribution in [0.5, 0.6) is 0 Å². The average molecular weight is 484 g/mol. The predicted molar refractivity (Wildman–Crippen MR) is 127 cm³/mol. The fraction of sp³-hybridized carbons (Fsp3) is 0.385. The van der Waals surface area contributed by atoms with Crippen LogP contribution >= 0.6 is 0 Å². The minimum absolute atomic E-state index is 0.149. The molecule has 184 valence electrons. The van der Waals surface area contributed by atoms with Crippen LogP contribution in [0.25, 0.3) is 27.5 Å². The van der Waals surface area contributed by atoms with Crippen molar-refractivity contribution in [3.05, 3.63) is 59.4 Å². The number of halogens is 2. The zero-order valence-corrected chi connectivity index (χ0v) is 19.8. The molecule has 2 N–H and O–H groups in total. The molecule has 9 heteroatoms. The fourth-order valence-corrected chi connectivity index (χ4v) is 5.36. The lowest BCUT2D eigenvalue weighted by atomic mass is 9.80. The Hall–Kier alpha value is -3.30. The summed E-state index contributed by atoms with van der Waals surface area (Å²) in [5.74, 6) is -2.04. The Bertz CT molecular complexity index is 1400. The van der Waals surface area contributed by atoms with E-state index in [1.807, 2.05) is 24.5 Å². The van der Waals surface area contributed by atoms with Crippen LogP contribution in [0.4, 0.5) is 8.78 Å². The van der Waals surface area contributed by atoms with Crippen molar-refractivity contribution in [3.8, 4) is 5.69 Å². The van der Waals surface area contributed by atoms with Gasteiger partial charge in [-0.15, -0.1) is 0 Å². The molecular weight excluding hydrogens is 456 g/mol. The van der Waals surface area contributed by atoms with Crippen molar-refractivity contribution in [2.45, 2.75) is 44.1 Å². The molecule has 2 aromatic heterocycles. The zero-order chi connectivity index (χ0) is 24.9. The van der Waals surface area contributed by atoms with Crippen LogP contribution in [-0.4, -0.2) is 52.3 Å². The van der Waals surface area contributed by atoms with Crippen LogP contribution in [-0.2, 0) is 19.7 Å². The first kappa shape index (κ1) is 23.4. The largest absolute Gasteiger partial charge is 0.479 e. The molecule has 1 saturated heterocycles. The first-order valence-electron chi connectivity index (χ1n) is 11.5. The van der Waals surface area contributed by atoms with Gasteiger partial charge in [0.15, 0.2) is 11.9 Å². The quantitative estimate of drug-likeness (QED) is 0.400. The molecule has 4 aromatic rings. The molecule has 1 fully saturated rings. The summed E-state index contributed by atoms with van der Waals surface area (Å²) in [6.45, 7) is 4.53. The van der Waals surface area contributed by atoms with E-state index in [1.165, 1.54) is 12.1 Å². The number of H-pyrrole nitrogens is 1. The second-order valence-corrected chi connectivity index (χ2v) is 9.74. The molecule has 0 saturated carbocycles. The minimum atomic E-state index is -0.998. The second kappa shape index (κ2) is 8.73. The second-order valence-electron chi connectivity index (χ2n) is 9.74. The number of nitrogens with zero attached hydrogens (tertiary/aromatic N) is 2. The summed E-state index contributed by atoms with van der Waals surface area (Å²) in [5.41, 5.74) is 2.61. The molecule has 2 aromatic carbocycles. The number of aromatic nitrogens is 3. The molecule has 0 bridgehead atoms. The highest BCUT2D eigenvalue weighted by atomic mass is 19.1. The van der Waals surface area contributed by atoms with Crippen molar-refractivity contribution in [1.82, 2.24) is 14.8 Å². The molecule has 7 nitrogen and oxygen atoms in total. The van der Waals surface area contributed by atoms with Gasteiger partial charge >= 0.3 is 5.97 Å². The van der Waals surface area contributed by atoms with Gasteiger partial charge in [-0.05, 0) is 48.7 Å². The Kier molecular flexibility index (Phi) is 5.85. The third-order valence-corrected chi connectivity index (χ3v) is 6.84. The Labute approximate surface area is 200 Å². The maximum absolute atomic E-state index is 16.2. The number of ether oxygens (including phenoxy) is 2. The zero-order valence-electron chi connectivity index (χ0n) is 19.8. The molecular formula is C26H27F2N3O4. The molecule has 3 heterocycles. The van der Waals surface area contributed by atoms with Gasteiger partial charge in [0.05, 0.1) is 24.9 Å². The fourth-order valence-electron chi connectivity index (χ4n) is 5.36. The Morgan fingerprint density at radius 3 is 2.66 bits per heavy atom. The van der Waals surface area contributed by atoms with Crippen molar-refractivity contribution in [3.63, 3.8) is 0 Å². The molecule has 0 radical (unpaired) electrons. The van der Waals surface area contributed by atoms with Gasteiger partial charge in [-0.3, -0.25) is 5.10 Å². The SMILES string of the molecule is COCC(C)(C)c1c([C@H]2CC[C@H](C(=O)O)OC2)c2c(F)c3[nH]ncc3cc2n1-c1ccc(F)cc1. The monoisotopic (exact) mass is 483 g/mol. The molecule has 0 spiro atoms. The van der Waals surface area contributed by atoms with Crippen LogP contribution in [0.3, 0.4) is 0 Å². The van der Waals surface area contributed by atoms with Crippen molar-refractivity contribution >= 4 is 27.8 Å². The lowest BCUT2D eigenvalue weighted by Gasteiger charge is -2.32. The van der Waals surface area contributed by atoms with E-state index in [2.05, 4.69) is 10.2 Å². The predicted octanol–water partition coefficient (Wildman–Crippen LogP) is 5.06. The lowest BCUT2D eigenvalue weighted by Crippen LogP contribution is -2.33. The molecule has 0 aliphatic carbocycles. The highest BCUT2D eigenvalue weighted by Crippen LogP contribution is 2.45. The smallest absolute Gasteiger partial charge is 0.332 e. The van der Waals surface area contributed by atoms with E-state index >= 15 is 4.39 Å². The number of rotatable bonds is 6. The number of carboxylic acid groups (broad SMARTS) is 1. The van der Waals surface area contributed by atoms with Crippen molar-refractivity contribution < 1.29 is 28.2 Å². The van der Waals surface area contributed by atoms with E-state index < -0.39 is 23.3 Å². The third kappa shape index (κ3) is 3.88. The lowest BCUT2D eigenvalue weighted by molar-refractivity contribution is -0.153. The van der Waals surface area contributed by atoms with Gasteiger partial charge in [0.25, 0.3) is 0 Å². The first-order chi connectivity index (χ1) is 16.7. The van der Waals surface area contributed by atoms with E-state index in [0.717, 1.165) is 11.3 Å². The third-order valence-electron chi connectivity index (χ3n) is 6.84. The number of carboxylic acids is 1. The number of fused-ring (bicyclic) bond motifs is 2. The number of aliphatic carboxylic acids is 1. The van der Waals surface area contributed by atoms with E-state index in [-0.39, 0.29) is 18.3 Å². The van der Waals surface area contributed by atoms with E-state index in [4.69, 9.17) is 9.47 Å². The molecule has 35 heavy (non-hydrogen) atoms. The summed E-state index contributed by atoms with van der Waals surface area (Å²) in [6, 6.07) is 7.96. The van der Waals surface area contributed by atoms with E-state index in [9.17, 15) is 14.3 Å². The van der Waals surface area contributed by atoms with Crippen LogP contribution < -0.4 is 0 Å². The van der Waals surface area contributed by atoms with Gasteiger partial charge in [-0.25, -0.2) is 13.6 Å². The molecule has 0 unspecified atom stereocenters. The van der Waals surface area contributed by atoms with Gasteiger partial charge in [0.1, 0.15) is 11.3 Å². The summed E-state index contributed by atoms with van der Waals surface area (Å²) >= 11 is 0. The van der Waals surface area contributed by atoms with Gasteiger partial charge in [-0.1, -0.05) is 13.8 Å². The number of methoxy groups -OCH3 is 1. The summed E-state index contributed by atoms with van der Waals surface area (Å²) in [4.78, 5) is 11.5. The van der Waals surface area contributed by atoms with E-state index in [1.54, 1.807) is 25.4 Å². The summed E-state index contributed by atoms with van der Waals surface area (Å²) in [5, 5.41) is 17.2. The highest BCUT2D eigenvalue weighted by Gasteiger charge is 2.38. The van der Waals surface area contributed by atoms with Gasteiger partial charge < -0.3 is 19.1 Å². The topological polar surface area (TPSA) is 89.4 Å². The molecule has 1 aliphatic rings. The Balaban J connectivity index is 1.86. The van der Waals surface area contributed by atoms with Crippen LogP contribution in [0.1, 0.15) is 43.9 Å². The Morgan fingerprint density at radius 1 is 1.29 bits per heavy atom. The number of benzene rings is 2. The van der Waals surface area contributed by atoms with E-state index in [0.29, 0.717) is 46.9 Å². The summed E-state index contributed by atoms with van der Waals surface area (Å²) < 4.78 is 43.2. The van der Waals surface area contributed by atoms with Gasteiger partial charge in [-0.2, -0.15) is 5.10 Å². The van der Waals surface area contributed by atoms with Crippen molar-refractivity contribution in [1.29, 1.82) is 0 Å². The van der Waals surface area contributed by atoms with Crippen LogP contribution in [0, 0.1) is 11.6 Å².